The molecule has 0 atom stereocenters. The molecule has 1 fully saturated rings. The molecule has 7 heteroatoms. The number of carbonyl (C=O) groups excluding carboxylic acids is 1. The average molecular weight is 354 g/mol. The number of carbonyl (C=O) groups is 1. The van der Waals surface area contributed by atoms with E-state index in [9.17, 15) is 13.2 Å². The van der Waals surface area contributed by atoms with Crippen LogP contribution in [0.3, 0.4) is 0 Å². The maximum atomic E-state index is 12.2. The van der Waals surface area contributed by atoms with E-state index in [4.69, 9.17) is 4.74 Å². The van der Waals surface area contributed by atoms with Crippen molar-refractivity contribution < 1.29 is 17.9 Å². The quantitative estimate of drug-likeness (QED) is 0.846. The smallest absolute Gasteiger partial charge is 0.251 e. The average Bonchev–Trinajstić information content (AvgIpc) is 2.52. The molecule has 0 unspecified atom stereocenters. The molecule has 1 aromatic rings. The highest BCUT2D eigenvalue weighted by molar-refractivity contribution is 7.88. The molecule has 1 heterocycles. The number of benzene rings is 1. The van der Waals surface area contributed by atoms with E-state index >= 15 is 0 Å². The van der Waals surface area contributed by atoms with Gasteiger partial charge >= 0.3 is 0 Å². The Morgan fingerprint density at radius 2 is 1.83 bits per heavy atom. The van der Waals surface area contributed by atoms with Crippen molar-refractivity contribution in [3.05, 3.63) is 29.8 Å². The maximum Gasteiger partial charge on any atom is 0.251 e. The van der Waals surface area contributed by atoms with E-state index in [1.807, 2.05) is 13.8 Å². The van der Waals surface area contributed by atoms with E-state index in [0.29, 0.717) is 31.1 Å². The lowest BCUT2D eigenvalue weighted by Crippen LogP contribution is -2.41. The molecule has 1 saturated heterocycles. The molecule has 0 saturated carbocycles. The van der Waals surface area contributed by atoms with Crippen LogP contribution in [0, 0.1) is 5.92 Å². The first-order chi connectivity index (χ1) is 11.3. The maximum absolute atomic E-state index is 12.2. The Labute approximate surface area is 144 Å². The second-order valence-corrected chi connectivity index (χ2v) is 8.49. The summed E-state index contributed by atoms with van der Waals surface area (Å²) in [5, 5.41) is 2.93. The summed E-state index contributed by atoms with van der Waals surface area (Å²) in [4.78, 5) is 12.2. The third-order valence-electron chi connectivity index (χ3n) is 4.08. The molecule has 0 spiro atoms. The molecule has 0 bridgehead atoms. The minimum Gasteiger partial charge on any atom is -0.491 e. The summed E-state index contributed by atoms with van der Waals surface area (Å²) in [6.07, 6.45) is 2.88. The van der Waals surface area contributed by atoms with Crippen LogP contribution in [0.2, 0.25) is 0 Å². The van der Waals surface area contributed by atoms with Crippen LogP contribution >= 0.6 is 0 Å². The van der Waals surface area contributed by atoms with Gasteiger partial charge in [0.05, 0.1) is 12.4 Å². The number of hydrogen-bond donors (Lipinski definition) is 1. The number of amides is 1. The molecule has 0 aromatic heterocycles. The van der Waals surface area contributed by atoms with Gasteiger partial charge in [-0.3, -0.25) is 4.79 Å². The minimum atomic E-state index is -3.10. The highest BCUT2D eigenvalue weighted by Gasteiger charge is 2.25. The molecule has 1 N–H and O–H groups in total. The molecule has 134 valence electrons. The van der Waals surface area contributed by atoms with E-state index in [1.165, 1.54) is 10.6 Å². The fourth-order valence-corrected chi connectivity index (χ4v) is 3.62. The Hall–Kier alpha value is -1.60. The van der Waals surface area contributed by atoms with E-state index < -0.39 is 10.0 Å². The van der Waals surface area contributed by atoms with Gasteiger partial charge in [0.25, 0.3) is 5.91 Å². The summed E-state index contributed by atoms with van der Waals surface area (Å²) < 4.78 is 30.0. The van der Waals surface area contributed by atoms with Crippen molar-refractivity contribution in [2.24, 2.45) is 5.92 Å². The number of nitrogens with zero attached hydrogens (tertiary/aromatic N) is 1. The van der Waals surface area contributed by atoms with Gasteiger partial charge in [-0.2, -0.15) is 0 Å². The van der Waals surface area contributed by atoms with Gasteiger partial charge in [0.1, 0.15) is 5.75 Å². The SMILES string of the molecule is CC(C)Oc1ccc(C(=O)NCC2CCN(S(C)(=O)=O)CC2)cc1. The molecular formula is C17H26N2O4S. The molecule has 1 amide bonds. The number of hydrogen-bond acceptors (Lipinski definition) is 4. The monoisotopic (exact) mass is 354 g/mol. The zero-order chi connectivity index (χ0) is 17.7. The lowest BCUT2D eigenvalue weighted by Gasteiger charge is -2.30. The van der Waals surface area contributed by atoms with Gasteiger partial charge in [-0.05, 0) is 56.9 Å². The zero-order valence-electron chi connectivity index (χ0n) is 14.5. The number of sulfonamides is 1. The first-order valence-electron chi connectivity index (χ1n) is 8.25. The second-order valence-electron chi connectivity index (χ2n) is 6.51. The number of nitrogens with one attached hydrogen (secondary N) is 1. The van der Waals surface area contributed by atoms with Crippen LogP contribution in [0.4, 0.5) is 0 Å². The minimum absolute atomic E-state index is 0.0995. The topological polar surface area (TPSA) is 75.7 Å². The van der Waals surface area contributed by atoms with E-state index in [0.717, 1.165) is 18.6 Å². The largest absolute Gasteiger partial charge is 0.491 e. The molecule has 1 aliphatic heterocycles. The van der Waals surface area contributed by atoms with E-state index in [2.05, 4.69) is 5.32 Å². The summed E-state index contributed by atoms with van der Waals surface area (Å²) in [5.41, 5.74) is 0.597. The molecule has 0 radical (unpaired) electrons. The highest BCUT2D eigenvalue weighted by Crippen LogP contribution is 2.19. The van der Waals surface area contributed by atoms with Crippen LogP contribution in [0.25, 0.3) is 0 Å². The summed E-state index contributed by atoms with van der Waals surface area (Å²) in [6.45, 7) is 5.54. The lowest BCUT2D eigenvalue weighted by atomic mass is 9.98. The van der Waals surface area contributed by atoms with Crippen molar-refractivity contribution in [3.63, 3.8) is 0 Å². The van der Waals surface area contributed by atoms with Gasteiger partial charge in [0.2, 0.25) is 10.0 Å². The van der Waals surface area contributed by atoms with Crippen molar-refractivity contribution in [3.8, 4) is 5.75 Å². The molecular weight excluding hydrogens is 328 g/mol. The number of rotatable bonds is 6. The van der Waals surface area contributed by atoms with Gasteiger partial charge in [0.15, 0.2) is 0 Å². The summed E-state index contributed by atoms with van der Waals surface area (Å²) in [7, 11) is -3.10. The van der Waals surface area contributed by atoms with Crippen molar-refractivity contribution >= 4 is 15.9 Å². The van der Waals surface area contributed by atoms with Gasteiger partial charge in [0, 0.05) is 25.2 Å². The van der Waals surface area contributed by atoms with Crippen LogP contribution in [0.15, 0.2) is 24.3 Å². The van der Waals surface area contributed by atoms with Gasteiger partial charge in [-0.25, -0.2) is 12.7 Å². The molecule has 2 rings (SSSR count). The van der Waals surface area contributed by atoms with Gasteiger partial charge in [-0.15, -0.1) is 0 Å². The third kappa shape index (κ3) is 5.49. The van der Waals surface area contributed by atoms with Gasteiger partial charge in [-0.1, -0.05) is 0 Å². The first-order valence-corrected chi connectivity index (χ1v) is 10.1. The molecule has 6 nitrogen and oxygen atoms in total. The summed E-state index contributed by atoms with van der Waals surface area (Å²) >= 11 is 0. The number of piperidine rings is 1. The zero-order valence-corrected chi connectivity index (χ0v) is 15.3. The first kappa shape index (κ1) is 18.7. The Morgan fingerprint density at radius 3 is 2.33 bits per heavy atom. The van der Waals surface area contributed by atoms with Gasteiger partial charge < -0.3 is 10.1 Å². The van der Waals surface area contributed by atoms with Crippen LogP contribution in [0.5, 0.6) is 5.75 Å². The van der Waals surface area contributed by atoms with E-state index in [1.54, 1.807) is 24.3 Å². The van der Waals surface area contributed by atoms with Crippen molar-refractivity contribution in [1.29, 1.82) is 0 Å². The Morgan fingerprint density at radius 1 is 1.25 bits per heavy atom. The van der Waals surface area contributed by atoms with Crippen LogP contribution in [0.1, 0.15) is 37.0 Å². The van der Waals surface area contributed by atoms with Crippen molar-refractivity contribution in [1.82, 2.24) is 9.62 Å². The Kier molecular flexibility index (Phi) is 6.23. The third-order valence-corrected chi connectivity index (χ3v) is 5.39. The van der Waals surface area contributed by atoms with Crippen LogP contribution in [-0.4, -0.2) is 50.6 Å². The van der Waals surface area contributed by atoms with Crippen molar-refractivity contribution in [2.75, 3.05) is 25.9 Å². The predicted octanol–water partition coefficient (Wildman–Crippen LogP) is 1.88. The summed E-state index contributed by atoms with van der Waals surface area (Å²) in [5.74, 6) is 0.946. The fraction of sp³-hybridized carbons (Fsp3) is 0.588. The second kappa shape index (κ2) is 7.98. The standard InChI is InChI=1S/C17H26N2O4S/c1-13(2)23-16-6-4-15(5-7-16)17(20)18-12-14-8-10-19(11-9-14)24(3,21)22/h4-7,13-14H,8-12H2,1-3H3,(H,18,20). The molecule has 1 aliphatic rings. The lowest BCUT2D eigenvalue weighted by molar-refractivity contribution is 0.0941. The van der Waals surface area contributed by atoms with Crippen molar-refractivity contribution in [2.45, 2.75) is 32.8 Å². The fourth-order valence-electron chi connectivity index (χ4n) is 2.74. The summed E-state index contributed by atoms with van der Waals surface area (Å²) in [6, 6.07) is 7.08. The molecule has 1 aromatic carbocycles. The molecule has 0 aliphatic carbocycles. The van der Waals surface area contributed by atoms with E-state index in [-0.39, 0.29) is 12.0 Å². The van der Waals surface area contributed by atoms with Crippen LogP contribution < -0.4 is 10.1 Å². The Balaban J connectivity index is 1.79. The molecule has 24 heavy (non-hydrogen) atoms. The Bertz CT molecular complexity index is 648. The predicted molar refractivity (Wildman–Crippen MR) is 93.7 cm³/mol. The normalized spacial score (nSPS) is 17.0. The number of ether oxygens (including phenoxy) is 1. The van der Waals surface area contributed by atoms with Crippen LogP contribution in [-0.2, 0) is 10.0 Å². The highest BCUT2D eigenvalue weighted by atomic mass is 32.2.